The molecule has 3 N–H and O–H groups in total. The third-order valence-electron chi connectivity index (χ3n) is 9.03. The number of aliphatic hydroxyl groups is 2. The molecule has 0 spiro atoms. The lowest BCUT2D eigenvalue weighted by Gasteiger charge is -2.46. The number of hydrogen-bond donors (Lipinski definition) is 3. The van der Waals surface area contributed by atoms with Crippen LogP contribution >= 0.6 is 0 Å². The molecule has 0 aliphatic carbocycles. The number of rotatable bonds is 8. The second-order valence-corrected chi connectivity index (χ2v) is 13.1. The number of aromatic nitrogens is 1. The fraction of sp³-hybridized carbons (Fsp3) is 0.625. The lowest BCUT2D eigenvalue weighted by atomic mass is 9.90. The van der Waals surface area contributed by atoms with Crippen LogP contribution in [0.4, 0.5) is 10.1 Å². The zero-order valence-electron chi connectivity index (χ0n) is 25.5. The number of pyridine rings is 1. The van der Waals surface area contributed by atoms with Crippen molar-refractivity contribution in [2.75, 3.05) is 57.4 Å². The van der Waals surface area contributed by atoms with Crippen molar-refractivity contribution in [3.05, 3.63) is 58.7 Å². The molecule has 4 heterocycles. The molecule has 2 saturated heterocycles. The van der Waals surface area contributed by atoms with Crippen molar-refractivity contribution in [1.29, 1.82) is 0 Å². The highest BCUT2D eigenvalue weighted by Gasteiger charge is 2.42. The molecule has 2 fully saturated rings. The number of nitrogens with one attached hydrogen (secondary N) is 1. The molecular formula is C32H46FN5O4. The number of morpholine rings is 1. The van der Waals surface area contributed by atoms with Gasteiger partial charge in [-0.1, -0.05) is 26.0 Å². The molecule has 0 unspecified atom stereocenters. The number of nitrogens with zero attached hydrogens (tertiary/aromatic N) is 4. The number of hydrogen-bond acceptors (Lipinski definition) is 8. The largest absolute Gasteiger partial charge is 0.393 e. The summed E-state index contributed by atoms with van der Waals surface area (Å²) in [5.41, 5.74) is 3.00. The van der Waals surface area contributed by atoms with E-state index < -0.39 is 18.1 Å². The van der Waals surface area contributed by atoms with Gasteiger partial charge in [-0.15, -0.1) is 0 Å². The Hall–Kier alpha value is -2.47. The third kappa shape index (κ3) is 6.54. The van der Waals surface area contributed by atoms with E-state index in [9.17, 15) is 19.4 Å². The van der Waals surface area contributed by atoms with Crippen LogP contribution in [0.1, 0.15) is 63.2 Å². The summed E-state index contributed by atoms with van der Waals surface area (Å²) in [6.45, 7) is 14.9. The lowest BCUT2D eigenvalue weighted by molar-refractivity contribution is -0.121. The number of piperazine rings is 1. The van der Waals surface area contributed by atoms with Crippen molar-refractivity contribution in [3.63, 3.8) is 0 Å². The van der Waals surface area contributed by atoms with E-state index in [1.807, 2.05) is 11.0 Å². The van der Waals surface area contributed by atoms with Crippen LogP contribution in [0.3, 0.4) is 0 Å². The summed E-state index contributed by atoms with van der Waals surface area (Å²) in [5.74, 6) is -0.299. The molecule has 3 aliphatic heterocycles. The average molecular weight is 584 g/mol. The van der Waals surface area contributed by atoms with Crippen LogP contribution < -0.4 is 10.2 Å². The van der Waals surface area contributed by atoms with Gasteiger partial charge in [0.25, 0.3) is 0 Å². The van der Waals surface area contributed by atoms with Crippen LogP contribution in [0, 0.1) is 5.82 Å². The summed E-state index contributed by atoms with van der Waals surface area (Å²) in [7, 11) is 0. The SMILES string of the molecule is C[C@@H]1CN(CC(=O)N2CC(C)(C)c3nc([C@@H](O)CO)c(Cc4ccc(F)cc4)cc32)[C@@H](CN2[C@H](C)COC[C@H]2C)CN1. The van der Waals surface area contributed by atoms with Crippen molar-refractivity contribution in [2.24, 2.45) is 0 Å². The van der Waals surface area contributed by atoms with E-state index in [1.54, 1.807) is 12.1 Å². The minimum Gasteiger partial charge on any atom is -0.393 e. The fourth-order valence-corrected chi connectivity index (χ4v) is 6.68. The molecule has 5 rings (SSSR count). The summed E-state index contributed by atoms with van der Waals surface area (Å²) < 4.78 is 19.3. The van der Waals surface area contributed by atoms with Gasteiger partial charge >= 0.3 is 0 Å². The van der Waals surface area contributed by atoms with Gasteiger partial charge in [0.2, 0.25) is 5.91 Å². The first kappa shape index (κ1) is 31.0. The molecule has 42 heavy (non-hydrogen) atoms. The van der Waals surface area contributed by atoms with Crippen LogP contribution in [0.25, 0.3) is 0 Å². The van der Waals surface area contributed by atoms with Gasteiger partial charge < -0.3 is 25.2 Å². The van der Waals surface area contributed by atoms with Crippen molar-refractivity contribution < 1.29 is 24.1 Å². The van der Waals surface area contributed by atoms with E-state index in [4.69, 9.17) is 9.72 Å². The van der Waals surface area contributed by atoms with Gasteiger partial charge in [0.1, 0.15) is 11.9 Å². The fourth-order valence-electron chi connectivity index (χ4n) is 6.68. The molecule has 0 bridgehead atoms. The Morgan fingerprint density at radius 2 is 1.88 bits per heavy atom. The zero-order valence-corrected chi connectivity index (χ0v) is 25.5. The standard InChI is InChI=1S/C32H46FN5O4/c1-20-13-36(26(12-34-20)14-37-21(2)17-42-18-22(37)3)15-29(41)38-19-32(4,5)31-27(38)11-24(30(35-31)28(40)16-39)10-23-6-8-25(33)9-7-23/h6-9,11,20-22,26,28,34,39-40H,10,12-19H2,1-5H3/t20-,21-,22-,26-,28+/m1/s1. The first-order valence-electron chi connectivity index (χ1n) is 15.2. The number of ether oxygens (including phenoxy) is 1. The third-order valence-corrected chi connectivity index (χ3v) is 9.03. The van der Waals surface area contributed by atoms with E-state index in [-0.39, 0.29) is 23.8 Å². The van der Waals surface area contributed by atoms with Gasteiger partial charge in [-0.25, -0.2) is 4.39 Å². The van der Waals surface area contributed by atoms with Crippen molar-refractivity contribution >= 4 is 11.6 Å². The number of benzene rings is 1. The number of halogens is 1. The van der Waals surface area contributed by atoms with Gasteiger partial charge in [-0.2, -0.15) is 0 Å². The smallest absolute Gasteiger partial charge is 0.241 e. The van der Waals surface area contributed by atoms with E-state index in [2.05, 4.69) is 49.7 Å². The summed E-state index contributed by atoms with van der Waals surface area (Å²) in [5, 5.41) is 24.1. The summed E-state index contributed by atoms with van der Waals surface area (Å²) in [4.78, 5) is 25.6. The molecule has 9 nitrogen and oxygen atoms in total. The molecule has 0 radical (unpaired) electrons. The Bertz CT molecular complexity index is 1250. The number of aliphatic hydroxyl groups excluding tert-OH is 2. The van der Waals surface area contributed by atoms with Gasteiger partial charge in [-0.3, -0.25) is 19.6 Å². The van der Waals surface area contributed by atoms with E-state index in [0.717, 1.165) is 49.8 Å². The Labute approximate surface area is 248 Å². The Morgan fingerprint density at radius 1 is 1.19 bits per heavy atom. The predicted molar refractivity (Wildman–Crippen MR) is 160 cm³/mol. The average Bonchev–Trinajstić information content (AvgIpc) is 3.22. The van der Waals surface area contributed by atoms with Crippen LogP contribution in [0.5, 0.6) is 0 Å². The van der Waals surface area contributed by atoms with E-state index in [0.29, 0.717) is 42.9 Å². The minimum absolute atomic E-state index is 0.0222. The maximum absolute atomic E-state index is 14.1. The molecule has 0 saturated carbocycles. The van der Waals surface area contributed by atoms with Gasteiger partial charge in [0, 0.05) is 55.8 Å². The predicted octanol–water partition coefficient (Wildman–Crippen LogP) is 2.23. The summed E-state index contributed by atoms with van der Waals surface area (Å²) in [6.07, 6.45) is -0.762. The topological polar surface area (TPSA) is 101 Å². The molecule has 230 valence electrons. The molecule has 2 aromatic rings. The summed E-state index contributed by atoms with van der Waals surface area (Å²) >= 11 is 0. The number of carbonyl (C=O) groups is 1. The molecule has 10 heteroatoms. The number of anilines is 1. The molecule has 1 aromatic heterocycles. The highest BCUT2D eigenvalue weighted by Crippen LogP contribution is 2.41. The van der Waals surface area contributed by atoms with Crippen LogP contribution in [-0.4, -0.2) is 108 Å². The van der Waals surface area contributed by atoms with Crippen molar-refractivity contribution in [3.8, 4) is 0 Å². The number of amides is 1. The van der Waals surface area contributed by atoms with Crippen LogP contribution in [0.15, 0.2) is 30.3 Å². The van der Waals surface area contributed by atoms with Crippen molar-refractivity contribution in [1.82, 2.24) is 20.1 Å². The maximum atomic E-state index is 14.1. The van der Waals surface area contributed by atoms with Crippen LogP contribution in [0.2, 0.25) is 0 Å². The molecular weight excluding hydrogens is 537 g/mol. The first-order chi connectivity index (χ1) is 20.0. The number of fused-ring (bicyclic) bond motifs is 1. The normalized spacial score (nSPS) is 27.2. The van der Waals surface area contributed by atoms with Crippen LogP contribution in [-0.2, 0) is 21.4 Å². The highest BCUT2D eigenvalue weighted by atomic mass is 19.1. The Kier molecular flexibility index (Phi) is 9.32. The number of carbonyl (C=O) groups excluding carboxylic acids is 1. The maximum Gasteiger partial charge on any atom is 0.241 e. The highest BCUT2D eigenvalue weighted by molar-refractivity contribution is 5.97. The van der Waals surface area contributed by atoms with Gasteiger partial charge in [0.05, 0.1) is 43.4 Å². The molecule has 3 aliphatic rings. The second-order valence-electron chi connectivity index (χ2n) is 13.1. The molecule has 5 atom stereocenters. The van der Waals surface area contributed by atoms with Crippen molar-refractivity contribution in [2.45, 2.75) is 76.7 Å². The zero-order chi connectivity index (χ0) is 30.2. The second kappa shape index (κ2) is 12.6. The monoisotopic (exact) mass is 583 g/mol. The van der Waals surface area contributed by atoms with Gasteiger partial charge in [-0.05, 0) is 56.5 Å². The van der Waals surface area contributed by atoms with E-state index >= 15 is 0 Å². The van der Waals surface area contributed by atoms with Gasteiger partial charge in [0.15, 0.2) is 0 Å². The first-order valence-corrected chi connectivity index (χ1v) is 15.2. The summed E-state index contributed by atoms with van der Waals surface area (Å²) in [6, 6.07) is 9.26. The van der Waals surface area contributed by atoms with E-state index in [1.165, 1.54) is 12.1 Å². The Morgan fingerprint density at radius 3 is 2.55 bits per heavy atom. The quantitative estimate of drug-likeness (QED) is 0.435. The lowest BCUT2D eigenvalue weighted by Crippen LogP contribution is -2.63. The molecule has 1 amide bonds. The Balaban J connectivity index is 1.41. The minimum atomic E-state index is -1.15. The molecule has 1 aromatic carbocycles.